The SMILES string of the molecule is CC/C=C\C/C=C\C/C=C\CCCCCCCCCC(=O)OC(COCCCCCCCCCCCCCCCCCCCCC)COP(=O)([O-])OCC[N+](C)(C)C. The van der Waals surface area contributed by atoms with E-state index in [9.17, 15) is 14.3 Å². The summed E-state index contributed by atoms with van der Waals surface area (Å²) in [5.41, 5.74) is 0. The van der Waals surface area contributed by atoms with Gasteiger partial charge in [-0.2, -0.15) is 0 Å². The van der Waals surface area contributed by atoms with Crippen LogP contribution < -0.4 is 4.89 Å². The topological polar surface area (TPSA) is 94.1 Å². The van der Waals surface area contributed by atoms with Crippen LogP contribution in [0.5, 0.6) is 0 Å². The highest BCUT2D eigenvalue weighted by atomic mass is 31.2. The lowest BCUT2D eigenvalue weighted by molar-refractivity contribution is -0.870. The molecule has 0 heterocycles. The Kier molecular flexibility index (Phi) is 41.5. The van der Waals surface area contributed by atoms with Gasteiger partial charge in [-0.15, -0.1) is 0 Å². The third-order valence-electron chi connectivity index (χ3n) is 10.5. The van der Waals surface area contributed by atoms with Crippen molar-refractivity contribution in [2.75, 3.05) is 54.1 Å². The minimum atomic E-state index is -4.53. The van der Waals surface area contributed by atoms with Crippen molar-refractivity contribution in [3.63, 3.8) is 0 Å². The second kappa shape index (κ2) is 42.4. The Labute approximate surface area is 359 Å². The van der Waals surface area contributed by atoms with E-state index >= 15 is 0 Å². The number of quaternary nitrogens is 1. The van der Waals surface area contributed by atoms with Crippen LogP contribution in [0.3, 0.4) is 0 Å². The molecule has 0 rings (SSSR count). The van der Waals surface area contributed by atoms with Crippen LogP contribution in [0.1, 0.15) is 213 Å². The number of hydrogen-bond acceptors (Lipinski definition) is 7. The average Bonchev–Trinajstić information content (AvgIpc) is 3.18. The monoisotopic (exact) mass is 840 g/mol. The summed E-state index contributed by atoms with van der Waals surface area (Å²) >= 11 is 0. The molecule has 0 aromatic heterocycles. The maximum atomic E-state index is 12.7. The Morgan fingerprint density at radius 1 is 0.552 bits per heavy atom. The number of carbonyl (C=O) groups excluding carboxylic acids is 1. The number of likely N-dealkylation sites (N-methyl/N-ethyl adjacent to an activating group) is 1. The summed E-state index contributed by atoms with van der Waals surface area (Å²) in [4.78, 5) is 25.1. The molecule has 0 aliphatic rings. The predicted molar refractivity (Wildman–Crippen MR) is 245 cm³/mol. The number of nitrogens with zero attached hydrogens (tertiary/aromatic N) is 1. The fraction of sp³-hybridized carbons (Fsp3) is 0.857. The summed E-state index contributed by atoms with van der Waals surface area (Å²) < 4.78 is 34.7. The first-order chi connectivity index (χ1) is 28.1. The quantitative estimate of drug-likeness (QED) is 0.0198. The molecule has 2 atom stereocenters. The standard InChI is InChI=1S/C49H94NO7P/c1-6-8-10-12-14-16-18-20-22-24-25-27-29-31-33-35-37-39-41-44-54-46-48(47-56-58(52,53)55-45-43-50(3,4)5)57-49(51)42-40-38-36-34-32-30-28-26-23-21-19-17-15-13-11-9-7-2/h9,11,15,17,21,23,48H,6-8,10,12-14,16,18-20,22,24-47H2,1-5H3/b11-9-,17-15-,23-21-. The number of unbranched alkanes of at least 4 members (excludes halogenated alkanes) is 25. The highest BCUT2D eigenvalue weighted by Gasteiger charge is 2.20. The van der Waals surface area contributed by atoms with Crippen LogP contribution in [0.15, 0.2) is 36.5 Å². The Bertz CT molecular complexity index is 1020. The van der Waals surface area contributed by atoms with Gasteiger partial charge in [-0.3, -0.25) is 9.36 Å². The zero-order valence-electron chi connectivity index (χ0n) is 38.7. The molecule has 8 nitrogen and oxygen atoms in total. The van der Waals surface area contributed by atoms with Gasteiger partial charge in [0.25, 0.3) is 7.82 Å². The summed E-state index contributed by atoms with van der Waals surface area (Å²) in [6.45, 7) is 5.32. The molecule has 9 heteroatoms. The maximum absolute atomic E-state index is 12.7. The van der Waals surface area contributed by atoms with E-state index in [1.54, 1.807) is 0 Å². The molecule has 0 spiro atoms. The van der Waals surface area contributed by atoms with Crippen molar-refractivity contribution < 1.29 is 37.3 Å². The summed E-state index contributed by atoms with van der Waals surface area (Å²) in [6.07, 6.45) is 50.2. The molecule has 0 saturated carbocycles. The number of carbonyl (C=O) groups is 1. The van der Waals surface area contributed by atoms with Crippen molar-refractivity contribution in [3.05, 3.63) is 36.5 Å². The van der Waals surface area contributed by atoms with Gasteiger partial charge in [0.05, 0.1) is 34.4 Å². The van der Waals surface area contributed by atoms with Gasteiger partial charge in [0, 0.05) is 13.0 Å². The molecule has 0 aromatic rings. The second-order valence-electron chi connectivity index (χ2n) is 17.4. The minimum Gasteiger partial charge on any atom is -0.756 e. The first kappa shape index (κ1) is 56.7. The van der Waals surface area contributed by atoms with Gasteiger partial charge in [-0.1, -0.05) is 198 Å². The average molecular weight is 840 g/mol. The number of allylic oxidation sites excluding steroid dienone is 6. The molecule has 0 fully saturated rings. The van der Waals surface area contributed by atoms with Crippen molar-refractivity contribution in [2.24, 2.45) is 0 Å². The van der Waals surface area contributed by atoms with E-state index in [1.807, 2.05) is 21.1 Å². The van der Waals surface area contributed by atoms with Crippen LogP contribution in [-0.2, 0) is 27.9 Å². The molecule has 0 saturated heterocycles. The minimum absolute atomic E-state index is 0.0249. The number of phosphoric ester groups is 1. The van der Waals surface area contributed by atoms with Gasteiger partial charge in [0.15, 0.2) is 0 Å². The smallest absolute Gasteiger partial charge is 0.306 e. The number of hydrogen-bond donors (Lipinski definition) is 0. The van der Waals surface area contributed by atoms with E-state index < -0.39 is 13.9 Å². The Morgan fingerprint density at radius 3 is 1.50 bits per heavy atom. The first-order valence-electron chi connectivity index (χ1n) is 24.2. The van der Waals surface area contributed by atoms with Gasteiger partial charge in [-0.25, -0.2) is 0 Å². The van der Waals surface area contributed by atoms with E-state index in [0.717, 1.165) is 57.8 Å². The van der Waals surface area contributed by atoms with E-state index in [2.05, 4.69) is 50.3 Å². The maximum Gasteiger partial charge on any atom is 0.306 e. The Morgan fingerprint density at radius 2 is 1.00 bits per heavy atom. The highest BCUT2D eigenvalue weighted by molar-refractivity contribution is 7.45. The van der Waals surface area contributed by atoms with E-state index in [1.165, 1.54) is 135 Å². The lowest BCUT2D eigenvalue weighted by atomic mass is 10.0. The molecule has 0 amide bonds. The molecule has 0 aromatic carbocycles. The van der Waals surface area contributed by atoms with Crippen LogP contribution >= 0.6 is 7.82 Å². The highest BCUT2D eigenvalue weighted by Crippen LogP contribution is 2.38. The molecule has 58 heavy (non-hydrogen) atoms. The third-order valence-corrected chi connectivity index (χ3v) is 11.4. The summed E-state index contributed by atoms with van der Waals surface area (Å²) in [5, 5.41) is 0. The largest absolute Gasteiger partial charge is 0.756 e. The summed E-state index contributed by atoms with van der Waals surface area (Å²) in [6, 6.07) is 0. The van der Waals surface area contributed by atoms with Gasteiger partial charge in [0.1, 0.15) is 19.3 Å². The number of ether oxygens (including phenoxy) is 2. The van der Waals surface area contributed by atoms with Gasteiger partial charge >= 0.3 is 5.97 Å². The van der Waals surface area contributed by atoms with Crippen molar-refractivity contribution >= 4 is 13.8 Å². The molecular weight excluding hydrogens is 746 g/mol. The van der Waals surface area contributed by atoms with Crippen molar-refractivity contribution in [1.29, 1.82) is 0 Å². The van der Waals surface area contributed by atoms with Gasteiger partial charge < -0.3 is 27.9 Å². The Balaban J connectivity index is 4.16. The fourth-order valence-corrected chi connectivity index (χ4v) is 7.47. The molecule has 0 N–H and O–H groups in total. The van der Waals surface area contributed by atoms with E-state index in [-0.39, 0.29) is 25.8 Å². The molecule has 342 valence electrons. The van der Waals surface area contributed by atoms with Crippen LogP contribution in [-0.4, -0.2) is 70.7 Å². The number of rotatable bonds is 45. The fourth-order valence-electron chi connectivity index (χ4n) is 6.74. The van der Waals surface area contributed by atoms with Crippen LogP contribution in [0.25, 0.3) is 0 Å². The lowest BCUT2D eigenvalue weighted by Gasteiger charge is -2.28. The van der Waals surface area contributed by atoms with E-state index in [4.69, 9.17) is 18.5 Å². The first-order valence-corrected chi connectivity index (χ1v) is 25.7. The normalized spacial score (nSPS) is 14.0. The van der Waals surface area contributed by atoms with E-state index in [0.29, 0.717) is 24.1 Å². The van der Waals surface area contributed by atoms with Gasteiger partial charge in [0.2, 0.25) is 0 Å². The van der Waals surface area contributed by atoms with Crippen molar-refractivity contribution in [1.82, 2.24) is 0 Å². The number of phosphoric acid groups is 1. The molecule has 2 unspecified atom stereocenters. The number of esters is 1. The predicted octanol–water partition coefficient (Wildman–Crippen LogP) is 13.9. The van der Waals surface area contributed by atoms with Crippen LogP contribution in [0.2, 0.25) is 0 Å². The van der Waals surface area contributed by atoms with Crippen molar-refractivity contribution in [2.45, 2.75) is 219 Å². The van der Waals surface area contributed by atoms with Crippen LogP contribution in [0.4, 0.5) is 0 Å². The molecule has 0 bridgehead atoms. The lowest BCUT2D eigenvalue weighted by Crippen LogP contribution is -2.37. The zero-order chi connectivity index (χ0) is 42.7. The second-order valence-corrected chi connectivity index (χ2v) is 18.9. The van der Waals surface area contributed by atoms with Crippen LogP contribution in [0, 0.1) is 0 Å². The molecular formula is C49H94NO7P. The van der Waals surface area contributed by atoms with Crippen molar-refractivity contribution in [3.8, 4) is 0 Å². The molecule has 0 aliphatic carbocycles. The summed E-state index contributed by atoms with van der Waals surface area (Å²) in [7, 11) is 1.35. The van der Waals surface area contributed by atoms with Gasteiger partial charge in [-0.05, 0) is 44.9 Å². The third kappa shape index (κ3) is 45.8. The molecule has 0 aliphatic heterocycles. The molecule has 0 radical (unpaired) electrons. The Hall–Kier alpha value is -1.28. The summed E-state index contributed by atoms with van der Waals surface area (Å²) in [5.74, 6) is -0.341. The zero-order valence-corrected chi connectivity index (χ0v) is 39.6.